The lowest BCUT2D eigenvalue weighted by molar-refractivity contribution is -0.239. The highest BCUT2D eigenvalue weighted by atomic mass is 31.2. The fourth-order valence-electron chi connectivity index (χ4n) is 13.9. The van der Waals surface area contributed by atoms with Crippen LogP contribution in [0.1, 0.15) is 102 Å². The topological polar surface area (TPSA) is 233 Å². The van der Waals surface area contributed by atoms with E-state index in [1.54, 1.807) is 6.92 Å². The van der Waals surface area contributed by atoms with Crippen molar-refractivity contribution in [1.82, 2.24) is 10.6 Å². The molecule has 0 saturated carbocycles. The molecule has 0 bridgehead atoms. The van der Waals surface area contributed by atoms with Gasteiger partial charge in [0, 0.05) is 23.7 Å². The lowest BCUT2D eigenvalue weighted by Crippen LogP contribution is -2.64. The summed E-state index contributed by atoms with van der Waals surface area (Å²) in [5.41, 5.74) is 14.3. The van der Waals surface area contributed by atoms with E-state index in [0.717, 1.165) is 77.9 Å². The first-order chi connectivity index (χ1) is 49.7. The molecule has 0 spiro atoms. The van der Waals surface area contributed by atoms with Gasteiger partial charge in [-0.25, -0.2) is 18.7 Å². The molecule has 0 aromatic heterocycles. The van der Waals surface area contributed by atoms with Crippen LogP contribution in [0.25, 0.3) is 22.3 Å². The van der Waals surface area contributed by atoms with Gasteiger partial charge in [0.1, 0.15) is 37.6 Å². The van der Waals surface area contributed by atoms with Gasteiger partial charge in [-0.15, -0.1) is 0 Å². The molecule has 2 aliphatic carbocycles. The van der Waals surface area contributed by atoms with Crippen molar-refractivity contribution in [2.24, 2.45) is 11.8 Å². The van der Waals surface area contributed by atoms with Crippen molar-refractivity contribution in [2.45, 2.75) is 153 Å². The standard InChI is InChI=1S/C43H52NO9PSi.C37H38NO9P/c1-29-39(44-42(45)48-27-37-35-22-14-12-20-33(35)34-21-13-15-23-36(34)37)41(53-55(5,6)43(2,3)4)51-38(28-47-24-30-16-8-7-9-17-30)40(29)52-54(46)49-25-31-18-10-11-19-32(31)26-50-54;1-24-34(38-37(40)43-22-32-30-17-9-7-15-28(30)29-16-8-10-18-31(29)32)36(39)46-33(23-42-19-25-11-3-2-4-12-25)35(24)47-48(41)44-20-26-13-5-6-14-27(26)21-45-48/h7-23,29,37-41H,24-28H2,1-6H3,(H,44,45);2-18,24,32-36,39H,19-23H2,1H3,(H,38,40)/t29-,38?,39?,40+,41+;24-,33?,34?,35+,36-/m11/s1. The number of phosphoric acid groups is 2. The third-order valence-corrected chi connectivity index (χ3v) is 27.9. The van der Waals surface area contributed by atoms with Gasteiger partial charge in [0.05, 0.1) is 64.9 Å². The largest absolute Gasteiger partial charge is 0.475 e. The predicted molar refractivity (Wildman–Crippen MR) is 389 cm³/mol. The maximum Gasteiger partial charge on any atom is 0.475 e. The zero-order valence-electron chi connectivity index (χ0n) is 58.9. The van der Waals surface area contributed by atoms with Crippen molar-refractivity contribution in [3.63, 3.8) is 0 Å². The Hall–Kier alpha value is -7.50. The number of alkyl carbamates (subject to hydrolysis) is 2. The number of aliphatic hydroxyl groups is 1. The molecular formula is C80H90N2O18P2Si. The summed E-state index contributed by atoms with van der Waals surface area (Å²) in [6, 6.07) is 65.5. The molecule has 8 aromatic rings. The molecule has 103 heavy (non-hydrogen) atoms. The molecule has 14 rings (SSSR count). The zero-order chi connectivity index (χ0) is 71.9. The second kappa shape index (κ2) is 32.5. The van der Waals surface area contributed by atoms with E-state index in [1.165, 1.54) is 0 Å². The highest BCUT2D eigenvalue weighted by Gasteiger charge is 2.53. The SMILES string of the molecule is C[C@@H]1C(NC(=O)OCC2c3ccccc3-c3ccccc32)[C@H](O)OC(COCc2ccccc2)[C@H]1OP1(=O)OCc2ccccc2CO1.C[C@@H]1C(NC(=O)OCC2c3ccccc3-c3ccccc32)[C@H](O[Si](C)(C)C(C)(C)C)OC(COCc2ccccc2)[C@H]1OP1(=O)OCc2ccccc2CO1. The molecule has 3 N–H and O–H groups in total. The summed E-state index contributed by atoms with van der Waals surface area (Å²) in [5.74, 6) is -1.38. The fraction of sp³-hybridized carbons (Fsp3) is 0.375. The molecule has 4 unspecified atom stereocenters. The number of phosphoric ester groups is 2. The molecule has 4 heterocycles. The minimum atomic E-state index is -4.12. The van der Waals surface area contributed by atoms with Crippen LogP contribution in [0.4, 0.5) is 9.59 Å². The summed E-state index contributed by atoms with van der Waals surface area (Å²) in [7, 11) is -10.7. The number of rotatable bonds is 20. The molecule has 8 aromatic carbocycles. The number of hydrogen-bond acceptors (Lipinski definition) is 18. The molecule has 0 radical (unpaired) electrons. The Kier molecular flexibility index (Phi) is 23.3. The Bertz CT molecular complexity index is 4180. The normalized spacial score (nSPS) is 24.0. The average molecular weight is 1460 g/mol. The third-order valence-electron chi connectivity index (χ3n) is 20.6. The zero-order valence-corrected chi connectivity index (χ0v) is 61.7. The Morgan fingerprint density at radius 3 is 1.17 bits per heavy atom. The van der Waals surface area contributed by atoms with E-state index in [9.17, 15) is 23.8 Å². The molecule has 4 aliphatic heterocycles. The Morgan fingerprint density at radius 1 is 0.466 bits per heavy atom. The molecule has 2 fully saturated rings. The Balaban J connectivity index is 0.000000185. The molecule has 23 heteroatoms. The van der Waals surface area contributed by atoms with Gasteiger partial charge >= 0.3 is 27.8 Å². The average Bonchev–Trinajstić information content (AvgIpc) is 1.76. The van der Waals surface area contributed by atoms with Gasteiger partial charge in [-0.2, -0.15) is 0 Å². The summed E-state index contributed by atoms with van der Waals surface area (Å²) in [5, 5.41) is 16.8. The summed E-state index contributed by atoms with van der Waals surface area (Å²) in [6.07, 6.45) is -7.10. The smallest absolute Gasteiger partial charge is 0.449 e. The first kappa shape index (κ1) is 73.8. The van der Waals surface area contributed by atoms with E-state index in [1.807, 2.05) is 177 Å². The number of fused-ring (bicyclic) bond motifs is 8. The van der Waals surface area contributed by atoms with Crippen LogP contribution in [0.3, 0.4) is 0 Å². The van der Waals surface area contributed by atoms with Crippen LogP contribution in [0, 0.1) is 11.8 Å². The van der Waals surface area contributed by atoms with Crippen molar-refractivity contribution < 1.29 is 83.8 Å². The van der Waals surface area contributed by atoms with Crippen molar-refractivity contribution in [1.29, 1.82) is 0 Å². The number of hydrogen-bond donors (Lipinski definition) is 3. The van der Waals surface area contributed by atoms with E-state index >= 15 is 0 Å². The second-order valence-electron chi connectivity index (χ2n) is 28.4. The van der Waals surface area contributed by atoms with Crippen LogP contribution in [0.15, 0.2) is 206 Å². The van der Waals surface area contributed by atoms with Crippen LogP contribution in [-0.4, -0.2) is 101 Å². The lowest BCUT2D eigenvalue weighted by Gasteiger charge is -2.49. The minimum absolute atomic E-state index is 0.0127. The minimum Gasteiger partial charge on any atom is -0.449 e. The number of amides is 2. The fourth-order valence-corrected chi connectivity index (χ4v) is 17.9. The molecule has 20 nitrogen and oxygen atoms in total. The van der Waals surface area contributed by atoms with Gasteiger partial charge < -0.3 is 48.6 Å². The Labute approximate surface area is 603 Å². The van der Waals surface area contributed by atoms with E-state index in [-0.39, 0.29) is 69.7 Å². The molecule has 6 aliphatic rings. The van der Waals surface area contributed by atoms with Gasteiger partial charge in [0.15, 0.2) is 20.9 Å². The van der Waals surface area contributed by atoms with Gasteiger partial charge in [-0.05, 0) is 96.0 Å². The number of aliphatic hydroxyl groups excluding tert-OH is 1. The predicted octanol–water partition coefficient (Wildman–Crippen LogP) is 16.4. The van der Waals surface area contributed by atoms with Gasteiger partial charge in [-0.3, -0.25) is 27.1 Å². The first-order valence-corrected chi connectivity index (χ1v) is 40.9. The molecule has 2 saturated heterocycles. The van der Waals surface area contributed by atoms with Crippen LogP contribution in [-0.2, 0) is 109 Å². The number of benzene rings is 8. The van der Waals surface area contributed by atoms with Crippen molar-refractivity contribution in [3.05, 3.63) is 262 Å². The first-order valence-electron chi connectivity index (χ1n) is 35.1. The van der Waals surface area contributed by atoms with E-state index in [4.69, 9.17) is 60.0 Å². The highest BCUT2D eigenvalue weighted by Crippen LogP contribution is 2.58. The summed E-state index contributed by atoms with van der Waals surface area (Å²) in [4.78, 5) is 27.1. The van der Waals surface area contributed by atoms with Crippen LogP contribution < -0.4 is 10.6 Å². The molecule has 542 valence electrons. The van der Waals surface area contributed by atoms with E-state index < -0.39 is 97.1 Å². The summed E-state index contributed by atoms with van der Waals surface area (Å²) >= 11 is 0. The summed E-state index contributed by atoms with van der Waals surface area (Å²) < 4.78 is 108. The molecular weight excluding hydrogens is 1370 g/mol. The lowest BCUT2D eigenvalue weighted by atomic mass is 9.89. The van der Waals surface area contributed by atoms with E-state index in [0.29, 0.717) is 13.2 Å². The Morgan fingerprint density at radius 2 is 0.796 bits per heavy atom. The number of ether oxygens (including phenoxy) is 6. The van der Waals surface area contributed by atoms with Gasteiger partial charge in [0.2, 0.25) is 0 Å². The summed E-state index contributed by atoms with van der Waals surface area (Å²) in [6.45, 7) is 15.6. The molecule has 10 atom stereocenters. The maximum atomic E-state index is 14.3. The van der Waals surface area contributed by atoms with Crippen LogP contribution in [0.2, 0.25) is 18.1 Å². The van der Waals surface area contributed by atoms with Crippen LogP contribution in [0.5, 0.6) is 0 Å². The molecule has 2 amide bonds. The number of carbonyl (C=O) groups is 2. The number of carbonyl (C=O) groups excluding carboxylic acids is 2. The van der Waals surface area contributed by atoms with Crippen LogP contribution >= 0.6 is 15.6 Å². The van der Waals surface area contributed by atoms with Crippen molar-refractivity contribution in [2.75, 3.05) is 26.4 Å². The monoisotopic (exact) mass is 1460 g/mol. The number of nitrogens with one attached hydrogen (secondary N) is 2. The van der Waals surface area contributed by atoms with Gasteiger partial charge in [0.25, 0.3) is 0 Å². The maximum absolute atomic E-state index is 14.3. The quantitative estimate of drug-likeness (QED) is 0.0475. The van der Waals surface area contributed by atoms with Crippen molar-refractivity contribution in [3.8, 4) is 22.3 Å². The van der Waals surface area contributed by atoms with Gasteiger partial charge in [-0.1, -0.05) is 241 Å². The third kappa shape index (κ3) is 17.2. The highest BCUT2D eigenvalue weighted by molar-refractivity contribution is 7.48. The van der Waals surface area contributed by atoms with E-state index in [2.05, 4.69) is 80.9 Å². The second-order valence-corrected chi connectivity index (χ2v) is 36.4. The van der Waals surface area contributed by atoms with Crippen molar-refractivity contribution >= 4 is 36.1 Å².